The molecule has 0 radical (unpaired) electrons. The van der Waals surface area contributed by atoms with Crippen LogP contribution in [0.5, 0.6) is 0 Å². The van der Waals surface area contributed by atoms with Gasteiger partial charge in [0, 0.05) is 32.0 Å². The predicted molar refractivity (Wildman–Crippen MR) is 112 cm³/mol. The third-order valence-corrected chi connectivity index (χ3v) is 8.26. The maximum absolute atomic E-state index is 13.1. The number of carbonyl (C=O) groups excluding carboxylic acids is 3. The van der Waals surface area contributed by atoms with Crippen LogP contribution in [0.4, 0.5) is 0 Å². The van der Waals surface area contributed by atoms with E-state index < -0.39 is 27.4 Å². The van der Waals surface area contributed by atoms with Gasteiger partial charge >= 0.3 is 0 Å². The number of hydrogen-bond acceptors (Lipinski definition) is 5. The van der Waals surface area contributed by atoms with E-state index in [1.54, 1.807) is 17.0 Å². The normalized spacial score (nSPS) is 23.1. The predicted octanol–water partition coefficient (Wildman–Crippen LogP) is 0.474. The lowest BCUT2D eigenvalue weighted by Crippen LogP contribution is -2.52. The number of hydrogen-bond donors (Lipinski definition) is 2. The van der Waals surface area contributed by atoms with Crippen LogP contribution in [0.15, 0.2) is 41.6 Å². The number of carbonyl (C=O) groups is 3. The van der Waals surface area contributed by atoms with Gasteiger partial charge in [0.25, 0.3) is 10.0 Å². The molecule has 4 rings (SSSR count). The van der Waals surface area contributed by atoms with E-state index in [2.05, 4.69) is 10.6 Å². The van der Waals surface area contributed by atoms with E-state index in [-0.39, 0.29) is 23.1 Å². The van der Waals surface area contributed by atoms with E-state index in [0.29, 0.717) is 32.5 Å². The molecule has 31 heavy (non-hydrogen) atoms. The Kier molecular flexibility index (Phi) is 5.50. The molecule has 0 aliphatic carbocycles. The highest BCUT2D eigenvalue weighted by molar-refractivity contribution is 7.89. The second kappa shape index (κ2) is 7.99. The van der Waals surface area contributed by atoms with Crippen molar-refractivity contribution in [2.45, 2.75) is 43.5 Å². The number of benzene rings is 1. The highest BCUT2D eigenvalue weighted by Gasteiger charge is 2.45. The Labute approximate surface area is 181 Å². The van der Waals surface area contributed by atoms with Crippen molar-refractivity contribution in [3.05, 3.63) is 42.2 Å². The Hall–Kier alpha value is -2.88. The number of amides is 3. The van der Waals surface area contributed by atoms with E-state index in [1.807, 2.05) is 6.92 Å². The van der Waals surface area contributed by atoms with Gasteiger partial charge in [-0.1, -0.05) is 17.7 Å². The molecule has 3 aliphatic rings. The summed E-state index contributed by atoms with van der Waals surface area (Å²) in [7, 11) is -4.00. The summed E-state index contributed by atoms with van der Waals surface area (Å²) < 4.78 is 27.2. The van der Waals surface area contributed by atoms with Crippen molar-refractivity contribution < 1.29 is 22.8 Å². The van der Waals surface area contributed by atoms with Gasteiger partial charge < -0.3 is 15.5 Å². The van der Waals surface area contributed by atoms with E-state index in [1.165, 1.54) is 24.5 Å². The maximum Gasteiger partial charge on any atom is 0.264 e. The Balaban J connectivity index is 1.49. The number of sulfonamides is 1. The minimum absolute atomic E-state index is 0.0479. The number of rotatable bonds is 4. The Morgan fingerprint density at radius 3 is 2.42 bits per heavy atom. The van der Waals surface area contributed by atoms with Gasteiger partial charge in [-0.25, -0.2) is 8.42 Å². The molecule has 1 atom stereocenters. The fourth-order valence-electron chi connectivity index (χ4n) is 4.44. The van der Waals surface area contributed by atoms with Crippen LogP contribution < -0.4 is 10.6 Å². The zero-order chi connectivity index (χ0) is 22.2. The SMILES string of the molecule is Cc1ccc(S(=O)(=O)N2C=CNC(=O)[C@H]2CC(=O)N2CCC3(CCNC3=O)CC2)cc1. The van der Waals surface area contributed by atoms with Gasteiger partial charge in [0.2, 0.25) is 17.7 Å². The second-order valence-corrected chi connectivity index (χ2v) is 10.2. The molecule has 0 aromatic heterocycles. The first-order valence-electron chi connectivity index (χ1n) is 10.4. The van der Waals surface area contributed by atoms with Crippen LogP contribution in [-0.4, -0.2) is 61.0 Å². The van der Waals surface area contributed by atoms with Gasteiger partial charge in [0.15, 0.2) is 0 Å². The van der Waals surface area contributed by atoms with Crippen LogP contribution in [0.1, 0.15) is 31.2 Å². The molecule has 10 heteroatoms. The fraction of sp³-hybridized carbons (Fsp3) is 0.476. The van der Waals surface area contributed by atoms with Crippen LogP contribution in [-0.2, 0) is 24.4 Å². The van der Waals surface area contributed by atoms with Crippen molar-refractivity contribution in [1.82, 2.24) is 19.8 Å². The zero-order valence-electron chi connectivity index (χ0n) is 17.3. The second-order valence-electron chi connectivity index (χ2n) is 8.36. The number of aryl methyl sites for hydroxylation is 1. The van der Waals surface area contributed by atoms with Gasteiger partial charge in [-0.3, -0.25) is 18.7 Å². The van der Waals surface area contributed by atoms with Crippen LogP contribution in [0.2, 0.25) is 0 Å². The maximum atomic E-state index is 13.1. The van der Waals surface area contributed by atoms with Crippen molar-refractivity contribution in [1.29, 1.82) is 0 Å². The van der Waals surface area contributed by atoms with Gasteiger partial charge in [-0.2, -0.15) is 0 Å². The topological polar surface area (TPSA) is 116 Å². The number of nitrogens with zero attached hydrogens (tertiary/aromatic N) is 2. The molecule has 1 aromatic carbocycles. The third-order valence-electron chi connectivity index (χ3n) is 6.47. The average Bonchev–Trinajstić information content (AvgIpc) is 3.09. The smallest absolute Gasteiger partial charge is 0.264 e. The van der Waals surface area contributed by atoms with E-state index in [9.17, 15) is 22.8 Å². The van der Waals surface area contributed by atoms with Crippen LogP contribution >= 0.6 is 0 Å². The number of piperidine rings is 1. The summed E-state index contributed by atoms with van der Waals surface area (Å²) in [6.45, 7) is 3.35. The van der Waals surface area contributed by atoms with Crippen LogP contribution in [0.3, 0.4) is 0 Å². The van der Waals surface area contributed by atoms with E-state index in [0.717, 1.165) is 16.3 Å². The average molecular weight is 447 g/mol. The van der Waals surface area contributed by atoms with E-state index in [4.69, 9.17) is 0 Å². The zero-order valence-corrected chi connectivity index (χ0v) is 18.2. The molecule has 1 aromatic rings. The molecular weight excluding hydrogens is 420 g/mol. The number of likely N-dealkylation sites (tertiary alicyclic amines) is 1. The van der Waals surface area contributed by atoms with Gasteiger partial charge in [0.1, 0.15) is 6.04 Å². The summed E-state index contributed by atoms with van der Waals surface area (Å²) in [5, 5.41) is 5.36. The molecule has 2 saturated heterocycles. The lowest BCUT2D eigenvalue weighted by Gasteiger charge is -2.38. The Morgan fingerprint density at radius 2 is 1.81 bits per heavy atom. The molecule has 2 fully saturated rings. The highest BCUT2D eigenvalue weighted by atomic mass is 32.2. The minimum Gasteiger partial charge on any atom is -0.356 e. The van der Waals surface area contributed by atoms with Crippen molar-refractivity contribution in [3.63, 3.8) is 0 Å². The molecule has 3 heterocycles. The molecule has 3 amide bonds. The fourth-order valence-corrected chi connectivity index (χ4v) is 5.89. The lowest BCUT2D eigenvalue weighted by atomic mass is 9.77. The van der Waals surface area contributed by atoms with Crippen LogP contribution in [0.25, 0.3) is 0 Å². The van der Waals surface area contributed by atoms with Crippen molar-refractivity contribution in [3.8, 4) is 0 Å². The summed E-state index contributed by atoms with van der Waals surface area (Å²) in [5.41, 5.74) is 0.513. The van der Waals surface area contributed by atoms with Gasteiger partial charge in [-0.15, -0.1) is 0 Å². The molecule has 1 spiro atoms. The molecule has 3 aliphatic heterocycles. The third kappa shape index (κ3) is 3.91. The van der Waals surface area contributed by atoms with E-state index >= 15 is 0 Å². The molecular formula is C21H26N4O5S. The molecule has 2 N–H and O–H groups in total. The monoisotopic (exact) mass is 446 g/mol. The first kappa shape index (κ1) is 21.4. The first-order valence-corrected chi connectivity index (χ1v) is 11.8. The Morgan fingerprint density at radius 1 is 1.13 bits per heavy atom. The van der Waals surface area contributed by atoms with Gasteiger partial charge in [-0.05, 0) is 38.3 Å². The highest BCUT2D eigenvalue weighted by Crippen LogP contribution is 2.38. The summed E-state index contributed by atoms with van der Waals surface area (Å²) >= 11 is 0. The summed E-state index contributed by atoms with van der Waals surface area (Å²) in [6.07, 6.45) is 4.20. The quantitative estimate of drug-likeness (QED) is 0.698. The summed E-state index contributed by atoms with van der Waals surface area (Å²) in [5.74, 6) is -0.797. The summed E-state index contributed by atoms with van der Waals surface area (Å²) in [4.78, 5) is 39.3. The van der Waals surface area contributed by atoms with Crippen LogP contribution in [0, 0.1) is 12.3 Å². The summed E-state index contributed by atoms with van der Waals surface area (Å²) in [6, 6.07) is 5.17. The van der Waals surface area contributed by atoms with Crippen molar-refractivity contribution in [2.24, 2.45) is 5.41 Å². The van der Waals surface area contributed by atoms with Crippen molar-refractivity contribution in [2.75, 3.05) is 19.6 Å². The molecule has 0 bridgehead atoms. The number of nitrogens with one attached hydrogen (secondary N) is 2. The lowest BCUT2D eigenvalue weighted by molar-refractivity contribution is -0.140. The van der Waals surface area contributed by atoms with Gasteiger partial charge in [0.05, 0.1) is 16.7 Å². The largest absolute Gasteiger partial charge is 0.356 e. The van der Waals surface area contributed by atoms with Crippen molar-refractivity contribution >= 4 is 27.7 Å². The standard InChI is InChI=1S/C21H26N4O5S/c1-15-2-4-16(5-3-15)31(29,30)25-13-10-22-19(27)17(25)14-18(26)24-11-7-21(8-12-24)6-9-23-20(21)28/h2-5,10,13,17H,6-9,11-12,14H2,1H3,(H,22,27)(H,23,28)/t17-/m1/s1. The first-order chi connectivity index (χ1) is 14.7. The molecule has 166 valence electrons. The molecule has 0 unspecified atom stereocenters. The Bertz CT molecular complexity index is 1030. The molecule has 9 nitrogen and oxygen atoms in total. The minimum atomic E-state index is -4.00. The molecule has 0 saturated carbocycles.